The molecule has 1 amide bonds. The summed E-state index contributed by atoms with van der Waals surface area (Å²) in [6.07, 6.45) is 0. The number of methoxy groups -OCH3 is 1. The Labute approximate surface area is 224 Å². The minimum absolute atomic E-state index is 0.0245. The lowest BCUT2D eigenvalue weighted by Gasteiger charge is -2.14. The summed E-state index contributed by atoms with van der Waals surface area (Å²) in [5.74, 6) is 0.235. The second kappa shape index (κ2) is 11.5. The van der Waals surface area contributed by atoms with E-state index in [0.29, 0.717) is 43.3 Å². The monoisotopic (exact) mass is 533 g/mol. The Kier molecular flexibility index (Phi) is 8.17. The van der Waals surface area contributed by atoms with Gasteiger partial charge in [-0.25, -0.2) is 4.98 Å². The van der Waals surface area contributed by atoms with E-state index in [2.05, 4.69) is 11.4 Å². The highest BCUT2D eigenvalue weighted by molar-refractivity contribution is 8.00. The van der Waals surface area contributed by atoms with E-state index in [1.807, 2.05) is 55.5 Å². The van der Waals surface area contributed by atoms with Crippen LogP contribution in [0.15, 0.2) is 77.8 Å². The van der Waals surface area contributed by atoms with Gasteiger partial charge in [0.05, 0.1) is 29.8 Å². The molecule has 8 heteroatoms. The zero-order chi connectivity index (χ0) is 25.7. The van der Waals surface area contributed by atoms with E-state index in [1.54, 1.807) is 24.3 Å². The molecule has 180 valence electrons. The van der Waals surface area contributed by atoms with Crippen molar-refractivity contribution in [1.82, 2.24) is 4.98 Å². The molecule has 0 fully saturated rings. The zero-order valence-electron chi connectivity index (χ0n) is 19.5. The molecule has 0 radical (unpaired) electrons. The number of amides is 1. The number of anilines is 1. The first-order chi connectivity index (χ1) is 17.4. The summed E-state index contributed by atoms with van der Waals surface area (Å²) in [5, 5.41) is 14.3. The maximum Gasteiger partial charge on any atom is 0.234 e. The average Bonchev–Trinajstić information content (AvgIpc) is 2.88. The Morgan fingerprint density at radius 3 is 2.50 bits per heavy atom. The lowest BCUT2D eigenvalue weighted by atomic mass is 9.99. The fourth-order valence-electron chi connectivity index (χ4n) is 3.60. The fourth-order valence-corrected chi connectivity index (χ4v) is 4.81. The molecule has 0 unspecified atom stereocenters. The Morgan fingerprint density at radius 2 is 1.81 bits per heavy atom. The topological polar surface area (TPSA) is 75.0 Å². The molecule has 5 nitrogen and oxygen atoms in total. The molecule has 36 heavy (non-hydrogen) atoms. The molecule has 1 heterocycles. The summed E-state index contributed by atoms with van der Waals surface area (Å²) in [6.45, 7) is 2.01. The molecule has 0 saturated carbocycles. The normalized spacial score (nSPS) is 10.5. The summed E-state index contributed by atoms with van der Waals surface area (Å²) in [6, 6.07) is 24.4. The number of pyridine rings is 1. The van der Waals surface area contributed by atoms with Crippen LogP contribution in [0.4, 0.5) is 5.69 Å². The van der Waals surface area contributed by atoms with E-state index in [-0.39, 0.29) is 11.7 Å². The average molecular weight is 534 g/mol. The van der Waals surface area contributed by atoms with Crippen molar-refractivity contribution in [3.8, 4) is 34.2 Å². The van der Waals surface area contributed by atoms with Gasteiger partial charge >= 0.3 is 0 Å². The Bertz CT molecular complexity index is 1470. The third-order valence-corrected chi connectivity index (χ3v) is 6.93. The second-order valence-electron chi connectivity index (χ2n) is 7.87. The summed E-state index contributed by atoms with van der Waals surface area (Å²) in [7, 11) is 1.52. The molecule has 1 N–H and O–H groups in total. The number of nitriles is 1. The highest BCUT2D eigenvalue weighted by atomic mass is 35.5. The number of benzene rings is 3. The van der Waals surface area contributed by atoms with Crippen LogP contribution in [0.1, 0.15) is 11.1 Å². The van der Waals surface area contributed by atoms with Crippen molar-refractivity contribution in [3.63, 3.8) is 0 Å². The van der Waals surface area contributed by atoms with Crippen molar-refractivity contribution in [2.75, 3.05) is 18.2 Å². The Morgan fingerprint density at radius 1 is 1.06 bits per heavy atom. The van der Waals surface area contributed by atoms with Crippen LogP contribution < -0.4 is 10.1 Å². The molecule has 0 spiro atoms. The minimum atomic E-state index is -0.286. The van der Waals surface area contributed by atoms with E-state index in [1.165, 1.54) is 18.9 Å². The molecule has 0 saturated heterocycles. The number of hydrogen-bond donors (Lipinski definition) is 1. The first-order valence-electron chi connectivity index (χ1n) is 10.9. The van der Waals surface area contributed by atoms with Crippen molar-refractivity contribution in [2.24, 2.45) is 0 Å². The van der Waals surface area contributed by atoms with E-state index in [9.17, 15) is 10.1 Å². The van der Waals surface area contributed by atoms with Crippen LogP contribution in [-0.4, -0.2) is 23.8 Å². The smallest absolute Gasteiger partial charge is 0.234 e. The van der Waals surface area contributed by atoms with Crippen LogP contribution >= 0.6 is 35.0 Å². The van der Waals surface area contributed by atoms with Crippen molar-refractivity contribution in [2.45, 2.75) is 11.9 Å². The molecule has 0 aliphatic rings. The predicted octanol–water partition coefficient (Wildman–Crippen LogP) is 7.64. The van der Waals surface area contributed by atoms with E-state index in [0.717, 1.165) is 16.7 Å². The van der Waals surface area contributed by atoms with Gasteiger partial charge in [-0.05, 0) is 37.3 Å². The van der Waals surface area contributed by atoms with Crippen LogP contribution in [0.5, 0.6) is 5.75 Å². The Balaban J connectivity index is 1.70. The number of aromatic nitrogens is 1. The van der Waals surface area contributed by atoms with Gasteiger partial charge in [0, 0.05) is 26.7 Å². The van der Waals surface area contributed by atoms with Crippen molar-refractivity contribution < 1.29 is 9.53 Å². The van der Waals surface area contributed by atoms with Crippen molar-refractivity contribution in [3.05, 3.63) is 94.0 Å². The van der Waals surface area contributed by atoms with Gasteiger partial charge in [0.25, 0.3) is 0 Å². The summed E-state index contributed by atoms with van der Waals surface area (Å²) < 4.78 is 5.30. The van der Waals surface area contributed by atoms with Crippen molar-refractivity contribution >= 4 is 46.6 Å². The van der Waals surface area contributed by atoms with Gasteiger partial charge in [-0.3, -0.25) is 4.79 Å². The number of carbonyl (C=O) groups is 1. The van der Waals surface area contributed by atoms with Crippen LogP contribution in [-0.2, 0) is 4.79 Å². The molecule has 4 aromatic rings. The van der Waals surface area contributed by atoms with Gasteiger partial charge in [0.2, 0.25) is 5.91 Å². The van der Waals surface area contributed by atoms with E-state index >= 15 is 0 Å². The molecule has 0 atom stereocenters. The second-order valence-corrected chi connectivity index (χ2v) is 9.68. The number of halogens is 2. The lowest BCUT2D eigenvalue weighted by Crippen LogP contribution is -2.15. The van der Waals surface area contributed by atoms with Crippen LogP contribution in [0, 0.1) is 18.3 Å². The van der Waals surface area contributed by atoms with Gasteiger partial charge in [0.15, 0.2) is 0 Å². The molecular weight excluding hydrogens is 513 g/mol. The molecular formula is C28H21Cl2N3O2S. The maximum atomic E-state index is 12.8. The van der Waals surface area contributed by atoms with E-state index < -0.39 is 0 Å². The lowest BCUT2D eigenvalue weighted by molar-refractivity contribution is -0.113. The SMILES string of the molecule is COc1ccc(Cl)cc1NC(=O)CSc1nc(-c2ccc(C)cc2)cc(-c2ccccc2Cl)c1C#N. The zero-order valence-corrected chi connectivity index (χ0v) is 21.8. The third kappa shape index (κ3) is 5.83. The van der Waals surface area contributed by atoms with Gasteiger partial charge in [-0.15, -0.1) is 0 Å². The molecule has 0 aliphatic heterocycles. The summed E-state index contributed by atoms with van der Waals surface area (Å²) in [5.41, 5.74) is 4.92. The molecule has 3 aromatic carbocycles. The summed E-state index contributed by atoms with van der Waals surface area (Å²) in [4.78, 5) is 17.6. The number of ether oxygens (including phenoxy) is 1. The first kappa shape index (κ1) is 25.6. The minimum Gasteiger partial charge on any atom is -0.495 e. The van der Waals surface area contributed by atoms with Gasteiger partial charge in [-0.2, -0.15) is 5.26 Å². The standard InChI is InChI=1S/C28H21Cl2N3O2S/c1-17-7-9-18(10-8-17)24-14-21(20-5-3-4-6-23(20)30)22(15-31)28(33-24)36-16-27(34)32-25-13-19(29)11-12-26(25)35-2/h3-14H,16H2,1-2H3,(H,32,34). The van der Waals surface area contributed by atoms with Crippen LogP contribution in [0.2, 0.25) is 10.0 Å². The number of rotatable bonds is 7. The molecule has 4 rings (SSSR count). The fraction of sp³-hybridized carbons (Fsp3) is 0.107. The third-order valence-electron chi connectivity index (χ3n) is 5.39. The first-order valence-corrected chi connectivity index (χ1v) is 12.7. The highest BCUT2D eigenvalue weighted by Gasteiger charge is 2.19. The van der Waals surface area contributed by atoms with Crippen LogP contribution in [0.3, 0.4) is 0 Å². The number of carbonyl (C=O) groups excluding carboxylic acids is 1. The maximum absolute atomic E-state index is 12.8. The number of nitrogens with zero attached hydrogens (tertiary/aromatic N) is 2. The van der Waals surface area contributed by atoms with Gasteiger partial charge < -0.3 is 10.1 Å². The highest BCUT2D eigenvalue weighted by Crippen LogP contribution is 2.37. The number of aryl methyl sites for hydroxylation is 1. The number of nitrogens with one attached hydrogen (secondary N) is 1. The number of thioether (sulfide) groups is 1. The summed E-state index contributed by atoms with van der Waals surface area (Å²) >= 11 is 13.8. The van der Waals surface area contributed by atoms with Gasteiger partial charge in [0.1, 0.15) is 16.8 Å². The van der Waals surface area contributed by atoms with Crippen molar-refractivity contribution in [1.29, 1.82) is 5.26 Å². The van der Waals surface area contributed by atoms with Crippen LogP contribution in [0.25, 0.3) is 22.4 Å². The molecule has 0 bridgehead atoms. The molecule has 0 aliphatic carbocycles. The largest absolute Gasteiger partial charge is 0.495 e. The number of hydrogen-bond acceptors (Lipinski definition) is 5. The van der Waals surface area contributed by atoms with E-state index in [4.69, 9.17) is 32.9 Å². The predicted molar refractivity (Wildman–Crippen MR) is 147 cm³/mol. The quantitative estimate of drug-likeness (QED) is 0.247. The Hall–Kier alpha value is -3.50. The van der Waals surface area contributed by atoms with Gasteiger partial charge in [-0.1, -0.05) is 83.0 Å². The molecule has 1 aromatic heterocycles.